The Kier molecular flexibility index (Phi) is 10.8. The Morgan fingerprint density at radius 3 is 1.73 bits per heavy atom. The average Bonchev–Trinajstić information content (AvgIpc) is 2.53. The molecule has 0 aromatic rings. The normalized spacial score (nSPS) is 17.6. The van der Waals surface area contributed by atoms with Crippen LogP contribution in [0.2, 0.25) is 16.6 Å². The largest absolute Gasteiger partial charge is 0.409 e. The van der Waals surface area contributed by atoms with Gasteiger partial charge in [-0.3, -0.25) is 0 Å². The second kappa shape index (κ2) is 11.1. The summed E-state index contributed by atoms with van der Waals surface area (Å²) in [4.78, 5) is 0. The number of hydrogen-bond acceptors (Lipinski definition) is 1. The van der Waals surface area contributed by atoms with Crippen molar-refractivity contribution in [2.45, 2.75) is 105 Å². The Morgan fingerprint density at radius 1 is 0.923 bits per heavy atom. The molecule has 1 nitrogen and oxygen atoms in total. The maximum absolute atomic E-state index is 7.19. The van der Waals surface area contributed by atoms with E-state index in [1.807, 2.05) is 6.92 Å². The van der Waals surface area contributed by atoms with E-state index in [0.29, 0.717) is 22.5 Å². The fourth-order valence-corrected chi connectivity index (χ4v) is 10.1. The molecule has 0 unspecified atom stereocenters. The van der Waals surface area contributed by atoms with Gasteiger partial charge in [-0.1, -0.05) is 86.8 Å². The molecule has 0 saturated carbocycles. The maximum atomic E-state index is 7.19. The van der Waals surface area contributed by atoms with Crippen molar-refractivity contribution in [2.75, 3.05) is 0 Å². The van der Waals surface area contributed by atoms with Crippen molar-refractivity contribution in [2.24, 2.45) is 11.8 Å². The molecule has 0 aromatic carbocycles. The zero-order valence-corrected chi connectivity index (χ0v) is 20.3. The lowest BCUT2D eigenvalue weighted by molar-refractivity contribution is 0.170. The molecule has 0 saturated heterocycles. The number of allylic oxidation sites excluding steroid dienone is 2. The van der Waals surface area contributed by atoms with Crippen LogP contribution in [0.4, 0.5) is 0 Å². The van der Waals surface area contributed by atoms with Gasteiger partial charge in [-0.25, -0.2) is 0 Å². The molecule has 0 rings (SSSR count). The molecular formula is C24H44OSi. The zero-order valence-electron chi connectivity index (χ0n) is 19.3. The lowest BCUT2D eigenvalue weighted by atomic mass is 9.93. The second-order valence-electron chi connectivity index (χ2n) is 9.01. The molecule has 0 amide bonds. The van der Waals surface area contributed by atoms with E-state index in [1.54, 1.807) is 0 Å². The van der Waals surface area contributed by atoms with Gasteiger partial charge < -0.3 is 4.43 Å². The van der Waals surface area contributed by atoms with Gasteiger partial charge in [0.25, 0.3) is 0 Å². The maximum Gasteiger partial charge on any atom is 0.201 e. The smallest absolute Gasteiger partial charge is 0.201 e. The Bertz CT molecular complexity index is 497. The van der Waals surface area contributed by atoms with E-state index >= 15 is 0 Å². The van der Waals surface area contributed by atoms with Crippen LogP contribution in [-0.2, 0) is 4.43 Å². The van der Waals surface area contributed by atoms with Gasteiger partial charge in [-0.2, -0.15) is 0 Å². The Morgan fingerprint density at radius 2 is 1.38 bits per heavy atom. The molecule has 0 bridgehead atoms. The van der Waals surface area contributed by atoms with E-state index in [-0.39, 0.29) is 12.0 Å². The predicted octanol–water partition coefficient (Wildman–Crippen LogP) is 7.76. The molecule has 0 fully saturated rings. The van der Waals surface area contributed by atoms with E-state index in [4.69, 9.17) is 10.8 Å². The fraction of sp³-hybridized carbons (Fsp3) is 0.750. The Balaban J connectivity index is 6.15. The van der Waals surface area contributed by atoms with Crippen LogP contribution in [0.5, 0.6) is 0 Å². The van der Waals surface area contributed by atoms with Crippen molar-refractivity contribution >= 4 is 8.32 Å². The monoisotopic (exact) mass is 376 g/mol. The highest BCUT2D eigenvalue weighted by Crippen LogP contribution is 2.44. The molecule has 150 valence electrons. The number of rotatable bonds is 10. The highest BCUT2D eigenvalue weighted by molar-refractivity contribution is 6.77. The minimum atomic E-state index is -1.96. The lowest BCUT2D eigenvalue weighted by Gasteiger charge is -2.46. The van der Waals surface area contributed by atoms with Crippen molar-refractivity contribution in [3.05, 3.63) is 23.3 Å². The highest BCUT2D eigenvalue weighted by Gasteiger charge is 2.47. The van der Waals surface area contributed by atoms with E-state index in [1.165, 1.54) is 5.57 Å². The first-order chi connectivity index (χ1) is 11.9. The van der Waals surface area contributed by atoms with Crippen molar-refractivity contribution < 1.29 is 4.43 Å². The SMILES string of the molecule is C#C/C(C)=C/[C@@H](C)[C@@H](O[Si](C(C)C)(C(C)C)C(C)C)/C(C)=C/[C@@H](C)CC. The van der Waals surface area contributed by atoms with Crippen LogP contribution in [0.15, 0.2) is 23.3 Å². The van der Waals surface area contributed by atoms with E-state index in [2.05, 4.69) is 87.3 Å². The summed E-state index contributed by atoms with van der Waals surface area (Å²) in [6.07, 6.45) is 11.5. The first-order valence-corrected chi connectivity index (χ1v) is 12.6. The minimum Gasteiger partial charge on any atom is -0.409 e. The highest BCUT2D eigenvalue weighted by atomic mass is 28.4. The standard InChI is InChI=1S/C24H44OSi/c1-13-20(9)15-22(11)24(23(12)16-21(10)14-2)25-26(17(3)4,18(5)6)19(7)8/h1,15-19,21-22,24H,14H2,2-12H3/b20-15+,23-16+/t21-,22+,24+/m0/s1. The van der Waals surface area contributed by atoms with Gasteiger partial charge >= 0.3 is 0 Å². The van der Waals surface area contributed by atoms with Crippen LogP contribution in [0.1, 0.15) is 82.6 Å². The molecule has 0 spiro atoms. The van der Waals surface area contributed by atoms with Crippen molar-refractivity contribution in [3.63, 3.8) is 0 Å². The van der Waals surface area contributed by atoms with E-state index < -0.39 is 8.32 Å². The molecular weight excluding hydrogens is 332 g/mol. The molecule has 0 aliphatic carbocycles. The number of hydrogen-bond donors (Lipinski definition) is 0. The van der Waals surface area contributed by atoms with Crippen LogP contribution < -0.4 is 0 Å². The van der Waals surface area contributed by atoms with Crippen LogP contribution in [0, 0.1) is 24.2 Å². The summed E-state index contributed by atoms with van der Waals surface area (Å²) in [5.41, 5.74) is 4.07. The van der Waals surface area contributed by atoms with Crippen LogP contribution in [0.3, 0.4) is 0 Å². The third-order valence-corrected chi connectivity index (χ3v) is 12.0. The predicted molar refractivity (Wildman–Crippen MR) is 121 cm³/mol. The average molecular weight is 377 g/mol. The Hall–Kier alpha value is -0.783. The van der Waals surface area contributed by atoms with Crippen molar-refractivity contribution in [1.82, 2.24) is 0 Å². The molecule has 3 atom stereocenters. The van der Waals surface area contributed by atoms with Crippen molar-refractivity contribution in [3.8, 4) is 12.3 Å². The third kappa shape index (κ3) is 6.43. The van der Waals surface area contributed by atoms with Gasteiger partial charge in [0, 0.05) is 5.92 Å². The van der Waals surface area contributed by atoms with E-state index in [0.717, 1.165) is 12.0 Å². The zero-order chi connectivity index (χ0) is 20.7. The summed E-state index contributed by atoms with van der Waals surface area (Å²) in [6, 6.07) is 0. The fourth-order valence-electron chi connectivity index (χ4n) is 4.43. The molecule has 2 heteroatoms. The van der Waals surface area contributed by atoms with Gasteiger partial charge in [0.15, 0.2) is 0 Å². The summed E-state index contributed by atoms with van der Waals surface area (Å²) in [7, 11) is -1.96. The molecule has 0 aromatic heterocycles. The van der Waals surface area contributed by atoms with Crippen LogP contribution in [-0.4, -0.2) is 14.4 Å². The molecule has 0 aliphatic heterocycles. The first kappa shape index (κ1) is 25.2. The van der Waals surface area contributed by atoms with Gasteiger partial charge in [0.2, 0.25) is 8.32 Å². The summed E-state index contributed by atoms with van der Waals surface area (Å²) in [6.45, 7) is 25.1. The molecule has 0 aliphatic rings. The molecule has 26 heavy (non-hydrogen) atoms. The summed E-state index contributed by atoms with van der Waals surface area (Å²) < 4.78 is 7.19. The van der Waals surface area contributed by atoms with Crippen molar-refractivity contribution in [1.29, 1.82) is 0 Å². The minimum absolute atomic E-state index is 0.103. The summed E-state index contributed by atoms with van der Waals surface area (Å²) >= 11 is 0. The molecule has 0 heterocycles. The molecule has 0 radical (unpaired) electrons. The van der Waals surface area contributed by atoms with Gasteiger partial charge in [-0.15, -0.1) is 6.42 Å². The van der Waals surface area contributed by atoms with Crippen LogP contribution in [0.25, 0.3) is 0 Å². The van der Waals surface area contributed by atoms with Gasteiger partial charge in [-0.05, 0) is 47.5 Å². The number of terminal acetylenes is 1. The lowest BCUT2D eigenvalue weighted by Crippen LogP contribution is -2.51. The summed E-state index contributed by atoms with van der Waals surface area (Å²) in [5.74, 6) is 3.61. The topological polar surface area (TPSA) is 9.23 Å². The van der Waals surface area contributed by atoms with E-state index in [9.17, 15) is 0 Å². The van der Waals surface area contributed by atoms with Crippen LogP contribution >= 0.6 is 0 Å². The van der Waals surface area contributed by atoms with Gasteiger partial charge in [0.1, 0.15) is 0 Å². The third-order valence-electron chi connectivity index (χ3n) is 5.90. The van der Waals surface area contributed by atoms with Gasteiger partial charge in [0.05, 0.1) is 6.10 Å². The molecule has 0 N–H and O–H groups in total. The summed E-state index contributed by atoms with van der Waals surface area (Å²) in [5, 5.41) is 0. The quantitative estimate of drug-likeness (QED) is 0.215. The first-order valence-electron chi connectivity index (χ1n) is 10.4. The Labute approximate surface area is 165 Å². The second-order valence-corrected chi connectivity index (χ2v) is 14.4.